The monoisotopic (exact) mass is 343 g/mol. The molecule has 1 aromatic rings. The summed E-state index contributed by atoms with van der Waals surface area (Å²) in [5.41, 5.74) is -0.462. The van der Waals surface area contributed by atoms with Crippen molar-refractivity contribution in [3.8, 4) is 0 Å². The molecule has 1 unspecified atom stereocenters. The molecule has 3 heterocycles. The number of imidazole rings is 1. The molecule has 3 fully saturated rings. The van der Waals surface area contributed by atoms with Crippen molar-refractivity contribution in [2.75, 3.05) is 26.2 Å². The van der Waals surface area contributed by atoms with E-state index in [9.17, 15) is 13.2 Å². The summed E-state index contributed by atoms with van der Waals surface area (Å²) in [6.45, 7) is 3.69. The average molecular weight is 343 g/mol. The quantitative estimate of drug-likeness (QED) is 0.912. The highest BCUT2D eigenvalue weighted by Crippen LogP contribution is 2.48. The molecule has 24 heavy (non-hydrogen) atoms. The lowest BCUT2D eigenvalue weighted by molar-refractivity contribution is -0.141. The standard InChI is InChI=1S/C17H24F3N3O/c18-17(19,20)13-9-21-15(22-13)12-3-2-7-23(10-12)11-16-5-1-4-14(16)24-8-6-16/h9,12,14H,1-8,10-11H2,(H,21,22)/t12?,14-,16-/m1/s1. The molecule has 0 radical (unpaired) electrons. The number of hydrogen-bond acceptors (Lipinski definition) is 3. The van der Waals surface area contributed by atoms with Gasteiger partial charge in [-0.2, -0.15) is 13.2 Å². The van der Waals surface area contributed by atoms with Crippen molar-refractivity contribution in [1.82, 2.24) is 14.9 Å². The number of piperidine rings is 1. The summed E-state index contributed by atoms with van der Waals surface area (Å²) >= 11 is 0. The Morgan fingerprint density at radius 3 is 2.96 bits per heavy atom. The van der Waals surface area contributed by atoms with Crippen LogP contribution in [-0.2, 0) is 10.9 Å². The van der Waals surface area contributed by atoms with Crippen molar-refractivity contribution in [1.29, 1.82) is 0 Å². The smallest absolute Gasteiger partial charge is 0.378 e. The Kier molecular flexibility index (Phi) is 4.11. The Balaban J connectivity index is 1.43. The lowest BCUT2D eigenvalue weighted by Gasteiger charge is -2.38. The van der Waals surface area contributed by atoms with Crippen LogP contribution in [0.25, 0.3) is 0 Å². The zero-order valence-corrected chi connectivity index (χ0v) is 13.7. The Morgan fingerprint density at radius 2 is 2.17 bits per heavy atom. The molecular formula is C17H24F3N3O. The first-order chi connectivity index (χ1) is 11.5. The van der Waals surface area contributed by atoms with Gasteiger partial charge in [0.25, 0.3) is 0 Å². The van der Waals surface area contributed by atoms with E-state index in [4.69, 9.17) is 4.74 Å². The molecule has 4 nitrogen and oxygen atoms in total. The number of hydrogen-bond donors (Lipinski definition) is 1. The molecule has 1 saturated carbocycles. The lowest BCUT2D eigenvalue weighted by Crippen LogP contribution is -2.44. The molecule has 0 bridgehead atoms. The summed E-state index contributed by atoms with van der Waals surface area (Å²) in [4.78, 5) is 8.93. The van der Waals surface area contributed by atoms with Crippen molar-refractivity contribution in [2.45, 2.75) is 56.7 Å². The van der Waals surface area contributed by atoms with E-state index < -0.39 is 11.9 Å². The molecular weight excluding hydrogens is 319 g/mol. The highest BCUT2D eigenvalue weighted by molar-refractivity contribution is 5.10. The normalized spacial score (nSPS) is 34.6. The first-order valence-electron chi connectivity index (χ1n) is 8.92. The van der Waals surface area contributed by atoms with Crippen LogP contribution in [-0.4, -0.2) is 47.2 Å². The van der Waals surface area contributed by atoms with Crippen LogP contribution in [0.15, 0.2) is 6.20 Å². The van der Waals surface area contributed by atoms with E-state index in [1.54, 1.807) is 0 Å². The van der Waals surface area contributed by atoms with E-state index in [0.717, 1.165) is 58.1 Å². The summed E-state index contributed by atoms with van der Waals surface area (Å²) in [5.74, 6) is 0.545. The molecule has 3 aliphatic rings. The van der Waals surface area contributed by atoms with Gasteiger partial charge >= 0.3 is 6.18 Å². The summed E-state index contributed by atoms with van der Waals surface area (Å²) in [5, 5.41) is 0. The van der Waals surface area contributed by atoms with Crippen molar-refractivity contribution >= 4 is 0 Å². The maximum Gasteiger partial charge on any atom is 0.432 e. The van der Waals surface area contributed by atoms with Gasteiger partial charge in [-0.25, -0.2) is 4.98 Å². The van der Waals surface area contributed by atoms with Crippen LogP contribution < -0.4 is 0 Å². The summed E-state index contributed by atoms with van der Waals surface area (Å²) in [6.07, 6.45) is 3.59. The van der Waals surface area contributed by atoms with Crippen molar-refractivity contribution in [3.63, 3.8) is 0 Å². The van der Waals surface area contributed by atoms with E-state index >= 15 is 0 Å². The third-order valence-corrected chi connectivity index (χ3v) is 6.07. The fraction of sp³-hybridized carbons (Fsp3) is 0.824. The van der Waals surface area contributed by atoms with Crippen LogP contribution in [0.2, 0.25) is 0 Å². The summed E-state index contributed by atoms with van der Waals surface area (Å²) in [7, 11) is 0. The SMILES string of the molecule is FC(F)(F)c1cnc(C2CCCN(C[C@]34CCC[C@H]3OCC4)C2)[nH]1. The van der Waals surface area contributed by atoms with Gasteiger partial charge in [0.1, 0.15) is 11.5 Å². The molecule has 7 heteroatoms. The van der Waals surface area contributed by atoms with Gasteiger partial charge in [-0.15, -0.1) is 0 Å². The van der Waals surface area contributed by atoms with Crippen molar-refractivity contribution < 1.29 is 17.9 Å². The van der Waals surface area contributed by atoms with Crippen LogP contribution in [0.1, 0.15) is 56.0 Å². The third kappa shape index (κ3) is 2.96. The largest absolute Gasteiger partial charge is 0.432 e. The van der Waals surface area contributed by atoms with Crippen LogP contribution in [0.5, 0.6) is 0 Å². The van der Waals surface area contributed by atoms with Crippen molar-refractivity contribution in [3.05, 3.63) is 17.7 Å². The van der Waals surface area contributed by atoms with E-state index in [0.29, 0.717) is 11.9 Å². The topological polar surface area (TPSA) is 41.2 Å². The number of halogens is 3. The number of nitrogens with one attached hydrogen (secondary N) is 1. The van der Waals surface area contributed by atoms with Crippen LogP contribution in [0, 0.1) is 5.41 Å². The average Bonchev–Trinajstić information content (AvgIpc) is 3.21. The fourth-order valence-electron chi connectivity index (χ4n) is 4.87. The minimum atomic E-state index is -4.35. The van der Waals surface area contributed by atoms with Gasteiger partial charge in [0.15, 0.2) is 0 Å². The number of ether oxygens (including phenoxy) is 1. The molecule has 2 saturated heterocycles. The number of aromatic amines is 1. The van der Waals surface area contributed by atoms with Gasteiger partial charge in [-0.3, -0.25) is 0 Å². The number of nitrogens with zero attached hydrogens (tertiary/aromatic N) is 2. The number of likely N-dealkylation sites (tertiary alicyclic amines) is 1. The van der Waals surface area contributed by atoms with Crippen LogP contribution in [0.4, 0.5) is 13.2 Å². The van der Waals surface area contributed by atoms with E-state index in [-0.39, 0.29) is 11.3 Å². The number of H-pyrrole nitrogens is 1. The highest BCUT2D eigenvalue weighted by atomic mass is 19.4. The first-order valence-corrected chi connectivity index (χ1v) is 8.92. The van der Waals surface area contributed by atoms with E-state index in [1.165, 1.54) is 12.8 Å². The first kappa shape index (κ1) is 16.4. The van der Waals surface area contributed by atoms with Gasteiger partial charge in [0.05, 0.1) is 12.3 Å². The second-order valence-electron chi connectivity index (χ2n) is 7.62. The second-order valence-corrected chi connectivity index (χ2v) is 7.62. The van der Waals surface area contributed by atoms with Gasteiger partial charge in [-0.05, 0) is 38.6 Å². The van der Waals surface area contributed by atoms with Crippen molar-refractivity contribution in [2.24, 2.45) is 5.41 Å². The molecule has 0 spiro atoms. The molecule has 4 rings (SSSR count). The Hall–Kier alpha value is -1.08. The fourth-order valence-corrected chi connectivity index (χ4v) is 4.87. The maximum atomic E-state index is 12.8. The Morgan fingerprint density at radius 1 is 1.29 bits per heavy atom. The molecule has 1 aliphatic carbocycles. The lowest BCUT2D eigenvalue weighted by atomic mass is 9.81. The molecule has 2 aliphatic heterocycles. The van der Waals surface area contributed by atoms with E-state index in [2.05, 4.69) is 14.9 Å². The second kappa shape index (κ2) is 6.02. The van der Waals surface area contributed by atoms with Gasteiger partial charge in [0.2, 0.25) is 0 Å². The zero-order valence-electron chi connectivity index (χ0n) is 13.7. The summed E-state index contributed by atoms with van der Waals surface area (Å²) in [6, 6.07) is 0. The number of alkyl halides is 3. The van der Waals surface area contributed by atoms with E-state index in [1.807, 2.05) is 0 Å². The Bertz CT molecular complexity index is 576. The maximum absolute atomic E-state index is 12.8. The molecule has 0 amide bonds. The molecule has 134 valence electrons. The number of rotatable bonds is 3. The van der Waals surface area contributed by atoms with Crippen LogP contribution in [0.3, 0.4) is 0 Å². The minimum Gasteiger partial charge on any atom is -0.378 e. The number of fused-ring (bicyclic) bond motifs is 1. The summed E-state index contributed by atoms with van der Waals surface area (Å²) < 4.78 is 44.2. The van der Waals surface area contributed by atoms with Crippen LogP contribution >= 0.6 is 0 Å². The minimum absolute atomic E-state index is 0.0634. The molecule has 1 N–H and O–H groups in total. The molecule has 1 aromatic heterocycles. The predicted molar refractivity (Wildman–Crippen MR) is 82.6 cm³/mol. The number of aromatic nitrogens is 2. The molecule has 3 atom stereocenters. The zero-order chi connectivity index (χ0) is 16.8. The highest BCUT2D eigenvalue weighted by Gasteiger charge is 2.48. The van der Waals surface area contributed by atoms with Gasteiger partial charge in [0, 0.05) is 31.0 Å². The third-order valence-electron chi connectivity index (χ3n) is 6.07. The van der Waals surface area contributed by atoms with Gasteiger partial charge < -0.3 is 14.6 Å². The Labute approximate surface area is 139 Å². The molecule has 0 aromatic carbocycles. The predicted octanol–water partition coefficient (Wildman–Crippen LogP) is 3.57. The van der Waals surface area contributed by atoms with Gasteiger partial charge in [-0.1, -0.05) is 6.42 Å².